The Hall–Kier alpha value is -3.29. The van der Waals surface area contributed by atoms with Crippen molar-refractivity contribution in [1.29, 1.82) is 0 Å². The molecule has 0 unspecified atom stereocenters. The largest absolute Gasteiger partial charge is 0.573 e. The molecular weight excluding hydrogens is 345 g/mol. The molecule has 1 aliphatic rings. The molecule has 8 heteroatoms. The van der Waals surface area contributed by atoms with Crippen molar-refractivity contribution >= 4 is 11.6 Å². The van der Waals surface area contributed by atoms with Crippen molar-refractivity contribution in [3.05, 3.63) is 67.0 Å². The summed E-state index contributed by atoms with van der Waals surface area (Å²) in [7, 11) is 0. The number of fused-ring (bicyclic) bond motifs is 1. The van der Waals surface area contributed by atoms with E-state index in [1.54, 1.807) is 18.3 Å². The van der Waals surface area contributed by atoms with Gasteiger partial charge in [-0.15, -0.1) is 13.2 Å². The quantitative estimate of drug-likeness (QED) is 0.724. The average Bonchev–Trinajstić information content (AvgIpc) is 3.05. The normalized spacial score (nSPS) is 13.3. The van der Waals surface area contributed by atoms with Gasteiger partial charge >= 0.3 is 6.36 Å². The molecule has 0 atom stereocenters. The number of rotatable bonds is 3. The Bertz CT molecular complexity index is 914. The highest BCUT2D eigenvalue weighted by Crippen LogP contribution is 2.27. The molecule has 0 fully saturated rings. The summed E-state index contributed by atoms with van der Waals surface area (Å²) in [4.78, 5) is 4.31. The lowest BCUT2D eigenvalue weighted by atomic mass is 10.1. The number of nitrogens with zero attached hydrogens (tertiary/aromatic N) is 3. The molecule has 0 saturated heterocycles. The number of pyridine rings is 2. The topological polar surface area (TPSA) is 41.3 Å². The predicted octanol–water partition coefficient (Wildman–Crippen LogP) is 3.74. The van der Waals surface area contributed by atoms with Crippen molar-refractivity contribution in [1.82, 2.24) is 4.98 Å². The molecule has 0 bridgehead atoms. The molecule has 3 heterocycles. The molecule has 1 aromatic carbocycles. The number of benzene rings is 1. The highest BCUT2D eigenvalue weighted by molar-refractivity contribution is 5.64. The molecule has 0 spiro atoms. The van der Waals surface area contributed by atoms with Crippen LogP contribution in [0.2, 0.25) is 0 Å². The van der Waals surface area contributed by atoms with Crippen molar-refractivity contribution < 1.29 is 22.5 Å². The zero-order chi connectivity index (χ0) is 18.1. The Labute approximate surface area is 147 Å². The number of aromatic nitrogens is 2. The summed E-state index contributed by atoms with van der Waals surface area (Å²) in [5.41, 5.74) is 4.94. The highest BCUT2D eigenvalue weighted by atomic mass is 19.4. The Morgan fingerprint density at radius 1 is 1.00 bits per heavy atom. The molecule has 4 rings (SSSR count). The summed E-state index contributed by atoms with van der Waals surface area (Å²) >= 11 is 0. The van der Waals surface area contributed by atoms with Crippen LogP contribution in [0.4, 0.5) is 24.8 Å². The Morgan fingerprint density at radius 2 is 1.77 bits per heavy atom. The van der Waals surface area contributed by atoms with Gasteiger partial charge in [0.05, 0.1) is 0 Å². The van der Waals surface area contributed by atoms with Crippen molar-refractivity contribution in [2.75, 3.05) is 10.4 Å². The van der Waals surface area contributed by atoms with Gasteiger partial charge in [0, 0.05) is 17.8 Å². The van der Waals surface area contributed by atoms with E-state index < -0.39 is 6.36 Å². The number of anilines is 2. The molecular formula is C18H14F3N4O+. The van der Waals surface area contributed by atoms with Gasteiger partial charge in [-0.1, -0.05) is 18.2 Å². The fourth-order valence-corrected chi connectivity index (χ4v) is 2.75. The first-order valence-corrected chi connectivity index (χ1v) is 7.83. The summed E-state index contributed by atoms with van der Waals surface area (Å²) in [6.45, 7) is 0.565. The molecule has 26 heavy (non-hydrogen) atoms. The molecule has 0 saturated carbocycles. The lowest BCUT2D eigenvalue weighted by Crippen LogP contribution is -2.35. The maximum atomic E-state index is 12.2. The van der Waals surface area contributed by atoms with Crippen LogP contribution in [0.15, 0.2) is 67.0 Å². The van der Waals surface area contributed by atoms with Gasteiger partial charge in [0.15, 0.2) is 5.82 Å². The van der Waals surface area contributed by atoms with Crippen molar-refractivity contribution in [3.8, 4) is 16.9 Å². The predicted molar refractivity (Wildman–Crippen MR) is 89.1 cm³/mol. The van der Waals surface area contributed by atoms with Crippen molar-refractivity contribution in [2.24, 2.45) is 0 Å². The Kier molecular flexibility index (Phi) is 3.87. The fourth-order valence-electron chi connectivity index (χ4n) is 2.75. The summed E-state index contributed by atoms with van der Waals surface area (Å²) < 4.78 is 42.7. The van der Waals surface area contributed by atoms with E-state index in [-0.39, 0.29) is 5.75 Å². The zero-order valence-electron chi connectivity index (χ0n) is 13.4. The maximum absolute atomic E-state index is 12.2. The number of hydrazine groups is 1. The van der Waals surface area contributed by atoms with Crippen LogP contribution in [0, 0.1) is 0 Å². The second-order valence-electron chi connectivity index (χ2n) is 5.71. The van der Waals surface area contributed by atoms with Crippen LogP contribution < -0.4 is 19.7 Å². The van der Waals surface area contributed by atoms with Crippen LogP contribution in [0.5, 0.6) is 5.75 Å². The minimum atomic E-state index is -4.69. The molecule has 132 valence electrons. The lowest BCUT2D eigenvalue weighted by Gasteiger charge is -2.09. The standard InChI is InChI=1S/C18H13F3N4O/c19-18(20,21)26-15-7-4-13(5-8-15)14-6-9-17-23-25(12-24(17)11-14)16-3-1-2-10-22-16/h1-11H,12H2/p+1. The van der Waals surface area contributed by atoms with Gasteiger partial charge in [-0.25, -0.2) is 9.55 Å². The average molecular weight is 359 g/mol. The van der Waals surface area contributed by atoms with Gasteiger partial charge in [0.2, 0.25) is 6.67 Å². The number of nitrogens with one attached hydrogen (secondary N) is 1. The van der Waals surface area contributed by atoms with Gasteiger partial charge in [0.25, 0.3) is 5.82 Å². The van der Waals surface area contributed by atoms with Crippen LogP contribution in [0.3, 0.4) is 0 Å². The van der Waals surface area contributed by atoms with Gasteiger partial charge in [-0.05, 0) is 35.9 Å². The first-order valence-electron chi connectivity index (χ1n) is 7.83. The second kappa shape index (κ2) is 6.21. The van der Waals surface area contributed by atoms with E-state index in [4.69, 9.17) is 0 Å². The Balaban J connectivity index is 1.54. The molecule has 1 N–H and O–H groups in total. The molecule has 0 radical (unpaired) electrons. The Morgan fingerprint density at radius 3 is 2.46 bits per heavy atom. The number of ether oxygens (including phenoxy) is 1. The minimum Gasteiger partial charge on any atom is -0.406 e. The van der Waals surface area contributed by atoms with E-state index in [9.17, 15) is 13.2 Å². The van der Waals surface area contributed by atoms with Crippen LogP contribution in [-0.4, -0.2) is 11.3 Å². The van der Waals surface area contributed by atoms with Gasteiger partial charge < -0.3 is 4.74 Å². The SMILES string of the molecule is FC(F)(F)Oc1ccc(-c2ccc3[n+](c2)CN(c2ccccn2)N3)cc1. The number of alkyl halides is 3. The number of halogens is 3. The van der Waals surface area contributed by atoms with E-state index >= 15 is 0 Å². The monoisotopic (exact) mass is 359 g/mol. The molecule has 0 amide bonds. The van der Waals surface area contributed by atoms with Gasteiger partial charge in [-0.2, -0.15) is 10.4 Å². The molecule has 0 aliphatic carbocycles. The summed E-state index contributed by atoms with van der Waals surface area (Å²) in [5, 5.41) is 1.90. The van der Waals surface area contributed by atoms with Crippen LogP contribution >= 0.6 is 0 Å². The first-order chi connectivity index (χ1) is 12.5. The van der Waals surface area contributed by atoms with Crippen molar-refractivity contribution in [2.45, 2.75) is 13.0 Å². The van der Waals surface area contributed by atoms with Gasteiger partial charge in [-0.3, -0.25) is 0 Å². The molecule has 2 aromatic heterocycles. The maximum Gasteiger partial charge on any atom is 0.573 e. The lowest BCUT2D eigenvalue weighted by molar-refractivity contribution is -0.671. The van der Waals surface area contributed by atoms with E-state index in [1.807, 2.05) is 46.1 Å². The number of hydrogen-bond donors (Lipinski definition) is 1. The van der Waals surface area contributed by atoms with Crippen LogP contribution in [0.25, 0.3) is 11.1 Å². The third-order valence-corrected chi connectivity index (χ3v) is 3.92. The van der Waals surface area contributed by atoms with E-state index in [0.717, 1.165) is 22.8 Å². The molecule has 1 aliphatic heterocycles. The molecule has 3 aromatic rings. The van der Waals surface area contributed by atoms with E-state index in [2.05, 4.69) is 15.1 Å². The summed E-state index contributed by atoms with van der Waals surface area (Å²) in [6.07, 6.45) is -1.03. The van der Waals surface area contributed by atoms with E-state index in [0.29, 0.717) is 6.67 Å². The first kappa shape index (κ1) is 16.2. The third kappa shape index (κ3) is 3.39. The summed E-state index contributed by atoms with van der Waals surface area (Å²) in [5.74, 6) is 1.46. The second-order valence-corrected chi connectivity index (χ2v) is 5.71. The smallest absolute Gasteiger partial charge is 0.406 e. The van der Waals surface area contributed by atoms with Crippen molar-refractivity contribution in [3.63, 3.8) is 0 Å². The third-order valence-electron chi connectivity index (χ3n) is 3.92. The van der Waals surface area contributed by atoms with Crippen LogP contribution in [0.1, 0.15) is 0 Å². The molecule has 5 nitrogen and oxygen atoms in total. The number of hydrogen-bond acceptors (Lipinski definition) is 4. The minimum absolute atomic E-state index is 0.238. The van der Waals surface area contributed by atoms with Gasteiger partial charge in [0.1, 0.15) is 11.9 Å². The zero-order valence-corrected chi connectivity index (χ0v) is 13.4. The fraction of sp³-hybridized carbons (Fsp3) is 0.111. The van der Waals surface area contributed by atoms with Crippen LogP contribution in [-0.2, 0) is 6.67 Å². The van der Waals surface area contributed by atoms with E-state index in [1.165, 1.54) is 12.1 Å². The summed E-state index contributed by atoms with van der Waals surface area (Å²) in [6, 6.07) is 15.3. The highest BCUT2D eigenvalue weighted by Gasteiger charge is 2.31.